The standard InChI is InChI=1S/C16H26N4OS.HI/c1-13-6-8-20(9-7-13)16(18-12-15(21)19(2)3)17-11-14-5-4-10-22-14;/h4-5,10,13H,6-9,11-12H2,1-3H3,(H,17,18);1H. The summed E-state index contributed by atoms with van der Waals surface area (Å²) in [6, 6.07) is 4.16. The number of likely N-dealkylation sites (N-methyl/N-ethyl adjacent to an activating group) is 1. The second kappa shape index (κ2) is 10.1. The van der Waals surface area contributed by atoms with E-state index in [-0.39, 0.29) is 36.4 Å². The van der Waals surface area contributed by atoms with E-state index in [1.165, 1.54) is 17.7 Å². The van der Waals surface area contributed by atoms with Crippen LogP contribution in [0.5, 0.6) is 0 Å². The lowest BCUT2D eigenvalue weighted by molar-refractivity contribution is -0.127. The highest BCUT2D eigenvalue weighted by Crippen LogP contribution is 2.16. The van der Waals surface area contributed by atoms with E-state index in [4.69, 9.17) is 0 Å². The average molecular weight is 450 g/mol. The predicted octanol–water partition coefficient (Wildman–Crippen LogP) is 2.63. The van der Waals surface area contributed by atoms with Crippen molar-refractivity contribution < 1.29 is 4.79 Å². The number of halogens is 1. The molecule has 0 saturated carbocycles. The number of carbonyl (C=O) groups is 1. The summed E-state index contributed by atoms with van der Waals surface area (Å²) < 4.78 is 0. The van der Waals surface area contributed by atoms with Gasteiger partial charge in [0.15, 0.2) is 5.96 Å². The zero-order chi connectivity index (χ0) is 15.9. The van der Waals surface area contributed by atoms with Crippen LogP contribution < -0.4 is 5.32 Å². The van der Waals surface area contributed by atoms with Crippen molar-refractivity contribution >= 4 is 47.2 Å². The Labute approximate surface area is 160 Å². The number of rotatable bonds is 4. The molecule has 2 heterocycles. The summed E-state index contributed by atoms with van der Waals surface area (Å²) in [4.78, 5) is 21.5. The number of nitrogens with zero attached hydrogens (tertiary/aromatic N) is 3. The van der Waals surface area contributed by atoms with Crippen LogP contribution in [0.3, 0.4) is 0 Å². The third-order valence-corrected chi connectivity index (χ3v) is 4.82. The van der Waals surface area contributed by atoms with Gasteiger partial charge in [0.1, 0.15) is 6.54 Å². The van der Waals surface area contributed by atoms with E-state index in [1.54, 1.807) is 30.3 Å². The van der Waals surface area contributed by atoms with Crippen molar-refractivity contribution in [2.75, 3.05) is 33.7 Å². The van der Waals surface area contributed by atoms with Crippen LogP contribution in [0.2, 0.25) is 0 Å². The average Bonchev–Trinajstić information content (AvgIpc) is 3.01. The zero-order valence-electron chi connectivity index (χ0n) is 14.1. The lowest BCUT2D eigenvalue weighted by Gasteiger charge is -2.33. The van der Waals surface area contributed by atoms with Gasteiger partial charge in [0.05, 0.1) is 6.54 Å². The van der Waals surface area contributed by atoms with Gasteiger partial charge in [-0.05, 0) is 30.2 Å². The number of hydrogen-bond acceptors (Lipinski definition) is 3. The van der Waals surface area contributed by atoms with Crippen LogP contribution in [0.1, 0.15) is 24.6 Å². The number of thiophene rings is 1. The lowest BCUT2D eigenvalue weighted by Crippen LogP contribution is -2.45. The Bertz CT molecular complexity index is 496. The van der Waals surface area contributed by atoms with Crippen molar-refractivity contribution in [2.45, 2.75) is 26.3 Å². The Kier molecular flexibility index (Phi) is 8.90. The molecule has 2 rings (SSSR count). The highest BCUT2D eigenvalue weighted by atomic mass is 127. The molecule has 5 nitrogen and oxygen atoms in total. The lowest BCUT2D eigenvalue weighted by atomic mass is 10.00. The highest BCUT2D eigenvalue weighted by molar-refractivity contribution is 14.0. The predicted molar refractivity (Wildman–Crippen MR) is 108 cm³/mol. The first-order chi connectivity index (χ1) is 10.6. The molecule has 0 unspecified atom stereocenters. The van der Waals surface area contributed by atoms with Gasteiger partial charge in [-0.2, -0.15) is 0 Å². The largest absolute Gasteiger partial charge is 0.351 e. The first-order valence-electron chi connectivity index (χ1n) is 7.82. The quantitative estimate of drug-likeness (QED) is 0.436. The molecule has 0 aromatic carbocycles. The number of guanidine groups is 1. The molecule has 1 aliphatic heterocycles. The number of hydrogen-bond donors (Lipinski definition) is 1. The maximum absolute atomic E-state index is 11.8. The van der Waals surface area contributed by atoms with Gasteiger partial charge in [-0.15, -0.1) is 35.3 Å². The minimum Gasteiger partial charge on any atom is -0.351 e. The summed E-state index contributed by atoms with van der Waals surface area (Å²) in [6.45, 7) is 5.27. The second-order valence-electron chi connectivity index (χ2n) is 6.03. The number of piperidine rings is 1. The third kappa shape index (κ3) is 6.66. The number of likely N-dealkylation sites (tertiary alicyclic amines) is 1. The Morgan fingerprint density at radius 3 is 2.70 bits per heavy atom. The normalized spacial score (nSPS) is 16.0. The van der Waals surface area contributed by atoms with Crippen LogP contribution in [0, 0.1) is 5.92 Å². The molecule has 130 valence electrons. The second-order valence-corrected chi connectivity index (χ2v) is 7.06. The molecule has 1 amide bonds. The molecule has 7 heteroatoms. The van der Waals surface area contributed by atoms with Crippen LogP contribution in [0.4, 0.5) is 0 Å². The fraction of sp³-hybridized carbons (Fsp3) is 0.625. The van der Waals surface area contributed by atoms with Crippen LogP contribution in [0.15, 0.2) is 22.5 Å². The van der Waals surface area contributed by atoms with E-state index in [9.17, 15) is 4.79 Å². The van der Waals surface area contributed by atoms with E-state index in [1.807, 2.05) is 0 Å². The molecule has 0 spiro atoms. The SMILES string of the molecule is CC1CCN(C(=NCC(=O)N(C)C)NCc2cccs2)CC1.I. The summed E-state index contributed by atoms with van der Waals surface area (Å²) in [5.41, 5.74) is 0. The Balaban J connectivity index is 0.00000264. The van der Waals surface area contributed by atoms with E-state index in [2.05, 4.69) is 39.6 Å². The van der Waals surface area contributed by atoms with Gasteiger partial charge in [0, 0.05) is 32.1 Å². The first-order valence-corrected chi connectivity index (χ1v) is 8.70. The molecule has 1 saturated heterocycles. The van der Waals surface area contributed by atoms with E-state index in [0.29, 0.717) is 0 Å². The molecule has 0 bridgehead atoms. The van der Waals surface area contributed by atoms with Crippen LogP contribution in [-0.2, 0) is 11.3 Å². The Morgan fingerprint density at radius 2 is 2.13 bits per heavy atom. The van der Waals surface area contributed by atoms with Gasteiger partial charge in [-0.25, -0.2) is 4.99 Å². The van der Waals surface area contributed by atoms with Gasteiger partial charge in [-0.1, -0.05) is 13.0 Å². The maximum atomic E-state index is 11.8. The number of amides is 1. The maximum Gasteiger partial charge on any atom is 0.243 e. The summed E-state index contributed by atoms with van der Waals surface area (Å²) >= 11 is 1.73. The van der Waals surface area contributed by atoms with E-state index >= 15 is 0 Å². The fourth-order valence-corrected chi connectivity index (χ4v) is 3.00. The molecule has 0 radical (unpaired) electrons. The van der Waals surface area contributed by atoms with Crippen molar-refractivity contribution in [3.05, 3.63) is 22.4 Å². The first kappa shape index (κ1) is 20.2. The molecule has 1 fully saturated rings. The summed E-state index contributed by atoms with van der Waals surface area (Å²) in [6.07, 6.45) is 2.36. The summed E-state index contributed by atoms with van der Waals surface area (Å²) in [5, 5.41) is 5.49. The molecule has 0 aliphatic carbocycles. The molecule has 1 aromatic rings. The van der Waals surface area contributed by atoms with Crippen molar-refractivity contribution in [3.8, 4) is 0 Å². The van der Waals surface area contributed by atoms with Crippen LogP contribution in [0.25, 0.3) is 0 Å². The van der Waals surface area contributed by atoms with Crippen molar-refractivity contribution in [1.29, 1.82) is 0 Å². The van der Waals surface area contributed by atoms with Gasteiger partial charge in [0.25, 0.3) is 0 Å². The summed E-state index contributed by atoms with van der Waals surface area (Å²) in [7, 11) is 3.53. The highest BCUT2D eigenvalue weighted by Gasteiger charge is 2.19. The molecular weight excluding hydrogens is 423 g/mol. The number of nitrogens with one attached hydrogen (secondary N) is 1. The smallest absolute Gasteiger partial charge is 0.243 e. The fourth-order valence-electron chi connectivity index (χ4n) is 2.35. The van der Waals surface area contributed by atoms with Crippen LogP contribution in [-0.4, -0.2) is 55.4 Å². The molecule has 1 aliphatic rings. The molecular formula is C16H27IN4OS. The molecule has 23 heavy (non-hydrogen) atoms. The third-order valence-electron chi connectivity index (χ3n) is 3.95. The van der Waals surface area contributed by atoms with Crippen molar-refractivity contribution in [1.82, 2.24) is 15.1 Å². The van der Waals surface area contributed by atoms with E-state index < -0.39 is 0 Å². The molecule has 1 N–H and O–H groups in total. The molecule has 0 atom stereocenters. The Hall–Kier alpha value is -0.830. The topological polar surface area (TPSA) is 47.9 Å². The van der Waals surface area contributed by atoms with Crippen LogP contribution >= 0.6 is 35.3 Å². The van der Waals surface area contributed by atoms with Crippen molar-refractivity contribution in [2.24, 2.45) is 10.9 Å². The minimum atomic E-state index is 0. The number of carbonyl (C=O) groups excluding carboxylic acids is 1. The van der Waals surface area contributed by atoms with E-state index in [0.717, 1.165) is 31.5 Å². The molecule has 1 aromatic heterocycles. The van der Waals surface area contributed by atoms with Crippen molar-refractivity contribution in [3.63, 3.8) is 0 Å². The van der Waals surface area contributed by atoms with Gasteiger partial charge in [-0.3, -0.25) is 4.79 Å². The number of aliphatic imine (C=N–C) groups is 1. The minimum absolute atomic E-state index is 0. The summed E-state index contributed by atoms with van der Waals surface area (Å²) in [5.74, 6) is 1.66. The van der Waals surface area contributed by atoms with Gasteiger partial charge in [0.2, 0.25) is 5.91 Å². The monoisotopic (exact) mass is 450 g/mol. The Morgan fingerprint density at radius 1 is 1.43 bits per heavy atom. The zero-order valence-corrected chi connectivity index (χ0v) is 17.3. The van der Waals surface area contributed by atoms with Gasteiger partial charge >= 0.3 is 0 Å². The van der Waals surface area contributed by atoms with Gasteiger partial charge < -0.3 is 15.1 Å².